The molecule has 2 nitrogen and oxygen atoms in total. The first-order valence-electron chi connectivity index (χ1n) is 5.71. The summed E-state index contributed by atoms with van der Waals surface area (Å²) in [7, 11) is 0. The van der Waals surface area contributed by atoms with Crippen LogP contribution in [0.15, 0.2) is 30.5 Å². The smallest absolute Gasteiger partial charge is 0.0499 e. The molecule has 2 aromatic rings. The van der Waals surface area contributed by atoms with Crippen molar-refractivity contribution in [1.82, 2.24) is 9.88 Å². The van der Waals surface area contributed by atoms with E-state index in [0.29, 0.717) is 0 Å². The van der Waals surface area contributed by atoms with Crippen molar-refractivity contribution in [3.8, 4) is 0 Å². The molecule has 1 aliphatic heterocycles. The van der Waals surface area contributed by atoms with Crippen molar-refractivity contribution in [1.29, 1.82) is 0 Å². The zero-order valence-corrected chi connectivity index (χ0v) is 8.87. The third kappa shape index (κ3) is 1.65. The van der Waals surface area contributed by atoms with E-state index in [1.54, 1.807) is 0 Å². The second-order valence-electron chi connectivity index (χ2n) is 4.34. The van der Waals surface area contributed by atoms with Gasteiger partial charge in [-0.2, -0.15) is 0 Å². The van der Waals surface area contributed by atoms with Crippen LogP contribution in [0.1, 0.15) is 18.4 Å². The number of aromatic amines is 1. The van der Waals surface area contributed by atoms with E-state index in [1.807, 2.05) is 6.20 Å². The van der Waals surface area contributed by atoms with Crippen molar-refractivity contribution in [3.63, 3.8) is 0 Å². The Morgan fingerprint density at radius 2 is 2.00 bits per heavy atom. The number of para-hydroxylation sites is 1. The van der Waals surface area contributed by atoms with Gasteiger partial charge in [-0.1, -0.05) is 18.2 Å². The largest absolute Gasteiger partial charge is 0.361 e. The van der Waals surface area contributed by atoms with Gasteiger partial charge in [0, 0.05) is 18.3 Å². The summed E-state index contributed by atoms with van der Waals surface area (Å²) in [5.74, 6) is 0. The summed E-state index contributed by atoms with van der Waals surface area (Å²) in [5.41, 5.74) is 2.74. The lowest BCUT2D eigenvalue weighted by Gasteiger charge is -2.14. The molecule has 0 aliphatic carbocycles. The van der Waals surface area contributed by atoms with Gasteiger partial charge >= 0.3 is 0 Å². The van der Waals surface area contributed by atoms with Gasteiger partial charge in [-0.05, 0) is 42.9 Å². The number of benzene rings is 1. The van der Waals surface area contributed by atoms with E-state index < -0.39 is 0 Å². The van der Waals surface area contributed by atoms with Crippen LogP contribution in [0.4, 0.5) is 0 Å². The molecular formula is C13H16N2. The number of H-pyrrole nitrogens is 1. The molecule has 0 bridgehead atoms. The predicted molar refractivity (Wildman–Crippen MR) is 62.8 cm³/mol. The Labute approximate surface area is 89.9 Å². The maximum atomic E-state index is 3.34. The molecule has 1 N–H and O–H groups in total. The third-order valence-electron chi connectivity index (χ3n) is 3.27. The Morgan fingerprint density at radius 3 is 2.87 bits per heavy atom. The quantitative estimate of drug-likeness (QED) is 0.789. The van der Waals surface area contributed by atoms with Crippen LogP contribution in [0.5, 0.6) is 0 Å². The van der Waals surface area contributed by atoms with E-state index in [0.717, 1.165) is 6.54 Å². The highest BCUT2D eigenvalue weighted by Gasteiger charge is 2.13. The summed E-state index contributed by atoms with van der Waals surface area (Å²) < 4.78 is 0. The van der Waals surface area contributed by atoms with Gasteiger partial charge in [-0.3, -0.25) is 4.90 Å². The van der Waals surface area contributed by atoms with Crippen LogP contribution in [0.2, 0.25) is 0 Å². The SMILES string of the molecule is c1cc(CN2CCCC2)c2[nH]ccc2c1. The third-order valence-corrected chi connectivity index (χ3v) is 3.27. The fourth-order valence-electron chi connectivity index (χ4n) is 2.46. The standard InChI is InChI=1S/C13H16N2/c1-2-9-15(8-1)10-12-5-3-4-11-6-7-14-13(11)12/h3-7,14H,1-2,8-10H2. The number of aromatic nitrogens is 1. The van der Waals surface area contributed by atoms with E-state index in [9.17, 15) is 0 Å². The Kier molecular flexibility index (Phi) is 2.22. The summed E-state index contributed by atoms with van der Waals surface area (Å²) in [6, 6.07) is 8.70. The Balaban J connectivity index is 1.92. The van der Waals surface area contributed by atoms with Crippen molar-refractivity contribution >= 4 is 10.9 Å². The zero-order valence-electron chi connectivity index (χ0n) is 8.87. The average Bonchev–Trinajstić information content (AvgIpc) is 2.87. The number of nitrogens with one attached hydrogen (secondary N) is 1. The number of rotatable bonds is 2. The summed E-state index contributed by atoms with van der Waals surface area (Å²) >= 11 is 0. The molecule has 15 heavy (non-hydrogen) atoms. The van der Waals surface area contributed by atoms with Crippen molar-refractivity contribution in [3.05, 3.63) is 36.0 Å². The lowest BCUT2D eigenvalue weighted by molar-refractivity contribution is 0.332. The molecule has 0 amide bonds. The van der Waals surface area contributed by atoms with Crippen molar-refractivity contribution in [2.75, 3.05) is 13.1 Å². The van der Waals surface area contributed by atoms with Gasteiger partial charge in [0.15, 0.2) is 0 Å². The van der Waals surface area contributed by atoms with Gasteiger partial charge in [0.05, 0.1) is 0 Å². The minimum absolute atomic E-state index is 1.10. The van der Waals surface area contributed by atoms with E-state index in [-0.39, 0.29) is 0 Å². The lowest BCUT2D eigenvalue weighted by Crippen LogP contribution is -2.18. The molecule has 0 unspecified atom stereocenters. The Morgan fingerprint density at radius 1 is 1.13 bits per heavy atom. The number of nitrogens with zero attached hydrogens (tertiary/aromatic N) is 1. The van der Waals surface area contributed by atoms with Crippen LogP contribution in [-0.4, -0.2) is 23.0 Å². The summed E-state index contributed by atoms with van der Waals surface area (Å²) in [5, 5.41) is 1.33. The topological polar surface area (TPSA) is 19.0 Å². The van der Waals surface area contributed by atoms with Crippen LogP contribution in [0.25, 0.3) is 10.9 Å². The number of hydrogen-bond acceptors (Lipinski definition) is 1. The maximum Gasteiger partial charge on any atom is 0.0499 e. The molecule has 0 spiro atoms. The highest BCUT2D eigenvalue weighted by Crippen LogP contribution is 2.20. The molecule has 2 heteroatoms. The fraction of sp³-hybridized carbons (Fsp3) is 0.385. The van der Waals surface area contributed by atoms with Gasteiger partial charge in [0.2, 0.25) is 0 Å². The first kappa shape index (κ1) is 8.98. The highest BCUT2D eigenvalue weighted by atomic mass is 15.1. The summed E-state index contributed by atoms with van der Waals surface area (Å²) in [4.78, 5) is 5.87. The minimum atomic E-state index is 1.10. The second-order valence-corrected chi connectivity index (χ2v) is 4.34. The number of likely N-dealkylation sites (tertiary alicyclic amines) is 1. The molecule has 3 rings (SSSR count). The minimum Gasteiger partial charge on any atom is -0.361 e. The average molecular weight is 200 g/mol. The van der Waals surface area contributed by atoms with Crippen LogP contribution in [0, 0.1) is 0 Å². The van der Waals surface area contributed by atoms with E-state index in [1.165, 1.54) is 42.4 Å². The first-order valence-corrected chi connectivity index (χ1v) is 5.71. The first-order chi connectivity index (χ1) is 7.43. The lowest BCUT2D eigenvalue weighted by atomic mass is 10.1. The normalized spacial score (nSPS) is 17.6. The summed E-state index contributed by atoms with van der Waals surface area (Å²) in [6.45, 7) is 3.62. The number of hydrogen-bond donors (Lipinski definition) is 1. The van der Waals surface area contributed by atoms with Crippen LogP contribution < -0.4 is 0 Å². The van der Waals surface area contributed by atoms with Crippen molar-refractivity contribution in [2.45, 2.75) is 19.4 Å². The zero-order chi connectivity index (χ0) is 10.1. The van der Waals surface area contributed by atoms with E-state index >= 15 is 0 Å². The van der Waals surface area contributed by atoms with Crippen molar-refractivity contribution in [2.24, 2.45) is 0 Å². The van der Waals surface area contributed by atoms with Gasteiger partial charge in [0.1, 0.15) is 0 Å². The van der Waals surface area contributed by atoms with Gasteiger partial charge in [-0.25, -0.2) is 0 Å². The molecule has 1 aromatic carbocycles. The molecule has 0 radical (unpaired) electrons. The number of fused-ring (bicyclic) bond motifs is 1. The molecular weight excluding hydrogens is 184 g/mol. The molecule has 2 heterocycles. The molecule has 0 saturated carbocycles. The van der Waals surface area contributed by atoms with E-state index in [4.69, 9.17) is 0 Å². The molecule has 1 saturated heterocycles. The molecule has 0 atom stereocenters. The van der Waals surface area contributed by atoms with E-state index in [2.05, 4.69) is 34.1 Å². The maximum absolute atomic E-state index is 3.34. The molecule has 1 aliphatic rings. The van der Waals surface area contributed by atoms with Gasteiger partial charge in [0.25, 0.3) is 0 Å². The molecule has 1 fully saturated rings. The Bertz CT molecular complexity index is 452. The summed E-state index contributed by atoms with van der Waals surface area (Å²) in [6.07, 6.45) is 4.75. The van der Waals surface area contributed by atoms with Crippen molar-refractivity contribution < 1.29 is 0 Å². The second kappa shape index (κ2) is 3.70. The molecule has 1 aromatic heterocycles. The fourth-order valence-corrected chi connectivity index (χ4v) is 2.46. The van der Waals surface area contributed by atoms with Crippen LogP contribution in [0.3, 0.4) is 0 Å². The van der Waals surface area contributed by atoms with Gasteiger partial charge < -0.3 is 4.98 Å². The van der Waals surface area contributed by atoms with Gasteiger partial charge in [-0.15, -0.1) is 0 Å². The molecule has 78 valence electrons. The van der Waals surface area contributed by atoms with Crippen LogP contribution in [-0.2, 0) is 6.54 Å². The monoisotopic (exact) mass is 200 g/mol. The highest BCUT2D eigenvalue weighted by molar-refractivity contribution is 5.82. The van der Waals surface area contributed by atoms with Crippen LogP contribution >= 0.6 is 0 Å². The predicted octanol–water partition coefficient (Wildman–Crippen LogP) is 2.76. The Hall–Kier alpha value is -1.28.